The second-order valence-electron chi connectivity index (χ2n) is 19.9. The van der Waals surface area contributed by atoms with E-state index >= 15 is 0 Å². The third kappa shape index (κ3) is 15.2. The van der Waals surface area contributed by atoms with E-state index in [9.17, 15) is 0 Å². The fraction of sp³-hybridized carbons (Fsp3) is 0. The average molecular weight is 1370 g/mol. The monoisotopic (exact) mass is 1370 g/mol. The van der Waals surface area contributed by atoms with Crippen LogP contribution in [-0.2, 0) is 0 Å². The Bertz CT molecular complexity index is 5490. The molecule has 0 unspecified atom stereocenters. The number of benzene rings is 14. The number of halogens is 3. The highest BCUT2D eigenvalue weighted by molar-refractivity contribution is 9.11. The van der Waals surface area contributed by atoms with Gasteiger partial charge in [0, 0.05) is 64.6 Å². The quantitative estimate of drug-likeness (QED) is 0.107. The standard InChI is InChI=1S/2C30H22BrN.C24H18BrN/c2*31-27-15-21-30(22-16-27)32(28-17-11-25(12-18-28)23-7-3-1-4-8-23)29-19-13-26(14-20-29)24-9-5-2-6-10-24;25-21-13-17-24(18-14-21)26(22-9-5-2-6-10-22)23-15-11-20(12-16-23)19-7-3-1-4-8-19/h2*1-22H;1-18H/i1D,2D,3D,4D,5D,6D,7D,8D,9D,10D;2*1D,3D,4D,7D,8D. The number of para-hydroxylation sites is 1. The zero-order valence-electron chi connectivity index (χ0n) is 67.7. The van der Waals surface area contributed by atoms with E-state index in [1.165, 1.54) is 0 Å². The summed E-state index contributed by atoms with van der Waals surface area (Å²) in [6.45, 7) is 0. The van der Waals surface area contributed by atoms with Crippen LogP contribution in [0.2, 0.25) is 0 Å². The Morgan fingerprint density at radius 3 is 0.556 bits per heavy atom. The summed E-state index contributed by atoms with van der Waals surface area (Å²) in [6, 6.07) is 74.4. The first-order chi connectivity index (χ1) is 52.6. The lowest BCUT2D eigenvalue weighted by Gasteiger charge is -2.26. The molecule has 14 aromatic carbocycles. The molecule has 14 aromatic rings. The van der Waals surface area contributed by atoms with Crippen LogP contribution in [0.5, 0.6) is 0 Å². The zero-order chi connectivity index (χ0) is 78.7. The van der Waals surface area contributed by atoms with Gasteiger partial charge in [0.25, 0.3) is 0 Å². The second-order valence-corrected chi connectivity index (χ2v) is 22.6. The number of rotatable bonds is 14. The van der Waals surface area contributed by atoms with Gasteiger partial charge in [-0.05, 0) is 201 Å². The van der Waals surface area contributed by atoms with Gasteiger partial charge in [-0.1, -0.05) is 278 Å². The third-order valence-corrected chi connectivity index (χ3v) is 15.7. The van der Waals surface area contributed by atoms with Gasteiger partial charge in [-0.3, -0.25) is 0 Å². The van der Waals surface area contributed by atoms with Crippen molar-refractivity contribution in [2.24, 2.45) is 0 Å². The van der Waals surface area contributed by atoms with Crippen molar-refractivity contribution in [1.29, 1.82) is 0 Å². The van der Waals surface area contributed by atoms with Crippen LogP contribution in [0.3, 0.4) is 0 Å². The maximum absolute atomic E-state index is 8.31. The molecule has 0 aromatic heterocycles. The molecule has 6 heteroatoms. The Labute approximate surface area is 582 Å². The fourth-order valence-electron chi connectivity index (χ4n) is 9.81. The van der Waals surface area contributed by atoms with Gasteiger partial charge >= 0.3 is 0 Å². The summed E-state index contributed by atoms with van der Waals surface area (Å²) in [7, 11) is 0. The predicted octanol–water partition coefficient (Wildman–Crippen LogP) is 26.1. The van der Waals surface area contributed by atoms with Gasteiger partial charge in [-0.25, -0.2) is 0 Å². The van der Waals surface area contributed by atoms with Gasteiger partial charge in [-0.15, -0.1) is 0 Å². The highest BCUT2D eigenvalue weighted by atomic mass is 79.9. The average Bonchev–Trinajstić information content (AvgIpc) is 0.778. The Balaban J connectivity index is 0.000000155. The number of hydrogen-bond acceptors (Lipinski definition) is 3. The van der Waals surface area contributed by atoms with Crippen molar-refractivity contribution in [3.05, 3.63) is 389 Å². The van der Waals surface area contributed by atoms with Crippen LogP contribution in [0.15, 0.2) is 389 Å². The molecule has 0 aliphatic rings. The van der Waals surface area contributed by atoms with Crippen molar-refractivity contribution >= 4 is 99.0 Å². The maximum atomic E-state index is 8.31. The van der Waals surface area contributed by atoms with E-state index in [0.717, 1.165) is 75.7 Å². The molecule has 0 radical (unpaired) electrons. The fourth-order valence-corrected chi connectivity index (χ4v) is 10.6. The molecular weight excluding hydrogens is 1290 g/mol. The van der Waals surface area contributed by atoms with E-state index in [1.54, 1.807) is 72.8 Å². The topological polar surface area (TPSA) is 9.72 Å². The van der Waals surface area contributed by atoms with Crippen molar-refractivity contribution < 1.29 is 27.4 Å². The molecular formula is C84H62Br3N3. The van der Waals surface area contributed by atoms with E-state index in [4.69, 9.17) is 27.4 Å². The Morgan fingerprint density at radius 2 is 0.333 bits per heavy atom. The summed E-state index contributed by atoms with van der Waals surface area (Å²) >= 11 is 10.4. The Hall–Kier alpha value is -10.1. The molecule has 3 nitrogen and oxygen atoms in total. The lowest BCUT2D eigenvalue weighted by molar-refractivity contribution is 1.28. The summed E-state index contributed by atoms with van der Waals surface area (Å²) in [5, 5.41) is 0. The van der Waals surface area contributed by atoms with Crippen LogP contribution in [0, 0.1) is 0 Å². The van der Waals surface area contributed by atoms with Gasteiger partial charge in [0.2, 0.25) is 0 Å². The van der Waals surface area contributed by atoms with Crippen molar-refractivity contribution in [1.82, 2.24) is 0 Å². The van der Waals surface area contributed by atoms with Crippen molar-refractivity contribution in [2.45, 2.75) is 0 Å². The van der Waals surface area contributed by atoms with E-state index in [1.807, 2.05) is 150 Å². The maximum Gasteiger partial charge on any atom is 0.0629 e. The van der Waals surface area contributed by atoms with Crippen molar-refractivity contribution in [3.63, 3.8) is 0 Å². The van der Waals surface area contributed by atoms with E-state index < -0.39 is 42.3 Å². The van der Waals surface area contributed by atoms with Gasteiger partial charge in [0.05, 0.1) is 27.4 Å². The van der Waals surface area contributed by atoms with Gasteiger partial charge in [0.15, 0.2) is 0 Å². The van der Waals surface area contributed by atoms with E-state index in [-0.39, 0.29) is 101 Å². The first kappa shape index (κ1) is 40.5. The Morgan fingerprint density at radius 1 is 0.167 bits per heavy atom. The molecule has 0 atom stereocenters. The molecule has 14 rings (SSSR count). The first-order valence-electron chi connectivity index (χ1n) is 38.2. The van der Waals surface area contributed by atoms with Gasteiger partial charge in [-0.2, -0.15) is 0 Å². The molecule has 90 heavy (non-hydrogen) atoms. The van der Waals surface area contributed by atoms with Gasteiger partial charge < -0.3 is 14.7 Å². The summed E-state index contributed by atoms with van der Waals surface area (Å²) in [5.41, 5.74) is 12.9. The SMILES string of the molecule is [2H]c1c([2H])c([2H])c(-c2ccc(N(c3ccc(Br)cc3)c3ccc(-c4c([2H])c([2H])c([2H])c([2H])c4[2H])cc3)cc2)c([2H])c1[2H].[2H]c1c([2H])c([2H])c(-c2ccc(N(c3ccc(Br)cc3)c3ccc(-c4ccccc4)cc3)cc2)c([2H])c1[2H].[2H]c1c([2H])c([2H])c(-c2ccc(N(c3ccccc3)c3ccc(Br)cc3)cc2)c([2H])c1[2H]. The predicted molar refractivity (Wildman–Crippen MR) is 394 cm³/mol. The highest BCUT2D eigenvalue weighted by Gasteiger charge is 2.17. The van der Waals surface area contributed by atoms with Crippen LogP contribution in [0.25, 0.3) is 55.6 Å². The number of hydrogen-bond donors (Lipinski definition) is 0. The minimum Gasteiger partial charge on any atom is -0.311 e. The smallest absolute Gasteiger partial charge is 0.0629 e. The first-order valence-corrected chi connectivity index (χ1v) is 30.6. The molecule has 0 aliphatic heterocycles. The summed E-state index contributed by atoms with van der Waals surface area (Å²) in [4.78, 5) is 6.16. The zero-order valence-corrected chi connectivity index (χ0v) is 52.5. The highest BCUT2D eigenvalue weighted by Crippen LogP contribution is 2.41. The summed E-state index contributed by atoms with van der Waals surface area (Å²) in [6.07, 6.45) is 0. The normalized spacial score (nSPS) is 13.7. The van der Waals surface area contributed by atoms with Crippen LogP contribution >= 0.6 is 47.8 Å². The van der Waals surface area contributed by atoms with Gasteiger partial charge in [0.1, 0.15) is 0 Å². The van der Waals surface area contributed by atoms with Crippen molar-refractivity contribution in [3.8, 4) is 55.6 Å². The lowest BCUT2D eigenvalue weighted by atomic mass is 10.0. The van der Waals surface area contributed by atoms with Crippen LogP contribution in [-0.4, -0.2) is 0 Å². The molecule has 0 saturated heterocycles. The molecule has 0 spiro atoms. The minimum absolute atomic E-state index is 0.116. The molecule has 0 fully saturated rings. The molecule has 0 amide bonds. The second kappa shape index (κ2) is 29.7. The molecule has 0 bridgehead atoms. The van der Waals surface area contributed by atoms with E-state index in [2.05, 4.69) is 94.0 Å². The molecule has 0 aliphatic carbocycles. The molecule has 0 heterocycles. The third-order valence-electron chi connectivity index (χ3n) is 14.2. The van der Waals surface area contributed by atoms with Crippen LogP contribution < -0.4 is 14.7 Å². The van der Waals surface area contributed by atoms with Crippen LogP contribution in [0.4, 0.5) is 51.2 Å². The molecule has 0 saturated carbocycles. The minimum atomic E-state index is -0.446. The van der Waals surface area contributed by atoms with Crippen LogP contribution in [0.1, 0.15) is 27.4 Å². The molecule has 0 N–H and O–H groups in total. The Kier molecular flexibility index (Phi) is 13.4. The number of nitrogens with zero attached hydrogens (tertiary/aromatic N) is 3. The van der Waals surface area contributed by atoms with E-state index in [0.29, 0.717) is 22.3 Å². The van der Waals surface area contributed by atoms with Crippen molar-refractivity contribution in [2.75, 3.05) is 14.7 Å². The summed E-state index contributed by atoms with van der Waals surface area (Å²) in [5.74, 6) is 0. The number of anilines is 9. The summed E-state index contributed by atoms with van der Waals surface area (Å²) < 4.78 is 164. The molecule has 434 valence electrons. The largest absolute Gasteiger partial charge is 0.311 e. The lowest BCUT2D eigenvalue weighted by Crippen LogP contribution is -2.09.